The predicted molar refractivity (Wildman–Crippen MR) is 62.0 cm³/mol. The van der Waals surface area contributed by atoms with E-state index in [9.17, 15) is 26.4 Å². The highest BCUT2D eigenvalue weighted by molar-refractivity contribution is 7.92. The number of hydrogen-bond acceptors (Lipinski definition) is 4. The Morgan fingerprint density at radius 3 is 2.35 bits per heavy atom. The van der Waals surface area contributed by atoms with Crippen LogP contribution in [0.4, 0.5) is 13.2 Å². The maximum atomic E-state index is 12.7. The Morgan fingerprint density at radius 1 is 1.40 bits per heavy atom. The quantitative estimate of drug-likeness (QED) is 0.907. The zero-order valence-corrected chi connectivity index (χ0v) is 10.9. The van der Waals surface area contributed by atoms with Crippen molar-refractivity contribution in [1.82, 2.24) is 0 Å². The molecule has 0 aliphatic rings. The number of rotatable bonds is 3. The molecule has 0 spiro atoms. The molecule has 0 aliphatic carbocycles. The van der Waals surface area contributed by atoms with Gasteiger partial charge in [0.1, 0.15) is 5.25 Å². The van der Waals surface area contributed by atoms with Crippen molar-refractivity contribution in [2.45, 2.75) is 23.2 Å². The largest absolute Gasteiger partial charge is 0.417 e. The van der Waals surface area contributed by atoms with E-state index < -0.39 is 43.2 Å². The first-order valence-corrected chi connectivity index (χ1v) is 6.71. The summed E-state index contributed by atoms with van der Waals surface area (Å²) in [6.07, 6.45) is -4.88. The van der Waals surface area contributed by atoms with Crippen molar-refractivity contribution in [2.24, 2.45) is 5.73 Å². The number of benzene rings is 1. The summed E-state index contributed by atoms with van der Waals surface area (Å²) in [6.45, 7) is 0.975. The first kappa shape index (κ1) is 16.0. The number of primary amides is 1. The molecule has 20 heavy (non-hydrogen) atoms. The molecule has 0 saturated heterocycles. The summed E-state index contributed by atoms with van der Waals surface area (Å²) in [5.74, 6) is -1.18. The van der Waals surface area contributed by atoms with Gasteiger partial charge in [0.05, 0.1) is 22.1 Å². The molecule has 0 aromatic heterocycles. The van der Waals surface area contributed by atoms with Gasteiger partial charge in [-0.15, -0.1) is 0 Å². The van der Waals surface area contributed by atoms with Crippen molar-refractivity contribution in [3.05, 3.63) is 29.3 Å². The van der Waals surface area contributed by atoms with Crippen LogP contribution in [0.2, 0.25) is 0 Å². The maximum absolute atomic E-state index is 12.7. The van der Waals surface area contributed by atoms with Gasteiger partial charge in [0.15, 0.2) is 9.84 Å². The number of nitrogens with zero attached hydrogens (tertiary/aromatic N) is 1. The Kier molecular flexibility index (Phi) is 4.10. The molecule has 0 saturated carbocycles. The molecule has 5 nitrogen and oxygen atoms in total. The van der Waals surface area contributed by atoms with Crippen LogP contribution in [-0.4, -0.2) is 19.6 Å². The van der Waals surface area contributed by atoms with E-state index in [0.717, 1.165) is 19.1 Å². The molecule has 1 aromatic rings. The zero-order chi connectivity index (χ0) is 15.7. The smallest absolute Gasteiger partial charge is 0.369 e. The third-order valence-corrected chi connectivity index (χ3v) is 4.69. The lowest BCUT2D eigenvalue weighted by Gasteiger charge is -2.13. The predicted octanol–water partition coefficient (Wildman–Crippen LogP) is 1.22. The topological polar surface area (TPSA) is 101 Å². The molecule has 1 atom stereocenters. The first-order chi connectivity index (χ1) is 9.01. The van der Waals surface area contributed by atoms with Crippen molar-refractivity contribution in [2.75, 3.05) is 0 Å². The van der Waals surface area contributed by atoms with E-state index in [1.54, 1.807) is 0 Å². The number of carbonyl (C=O) groups excluding carboxylic acids is 1. The minimum Gasteiger partial charge on any atom is -0.369 e. The van der Waals surface area contributed by atoms with Gasteiger partial charge in [-0.25, -0.2) is 8.42 Å². The summed E-state index contributed by atoms with van der Waals surface area (Å²) in [7, 11) is -4.33. The number of alkyl halides is 3. The van der Waals surface area contributed by atoms with Crippen LogP contribution in [0.1, 0.15) is 18.1 Å². The van der Waals surface area contributed by atoms with Crippen molar-refractivity contribution >= 4 is 15.7 Å². The van der Waals surface area contributed by atoms with E-state index in [2.05, 4.69) is 0 Å². The molecule has 0 heterocycles. The number of carbonyl (C=O) groups is 1. The van der Waals surface area contributed by atoms with Crippen LogP contribution in [0, 0.1) is 11.3 Å². The van der Waals surface area contributed by atoms with Crippen molar-refractivity contribution < 1.29 is 26.4 Å². The highest BCUT2D eigenvalue weighted by Crippen LogP contribution is 2.33. The minimum atomic E-state index is -4.88. The van der Waals surface area contributed by atoms with E-state index in [1.165, 1.54) is 6.07 Å². The Hall–Kier alpha value is -2.08. The Bertz CT molecular complexity index is 690. The normalized spacial score (nSPS) is 13.6. The van der Waals surface area contributed by atoms with Crippen LogP contribution in [-0.2, 0) is 20.8 Å². The monoisotopic (exact) mass is 306 g/mol. The van der Waals surface area contributed by atoms with Gasteiger partial charge in [-0.2, -0.15) is 18.4 Å². The van der Waals surface area contributed by atoms with E-state index in [1.807, 2.05) is 0 Å². The lowest BCUT2D eigenvalue weighted by Crippen LogP contribution is -2.33. The summed E-state index contributed by atoms with van der Waals surface area (Å²) in [5, 5.41) is 6.93. The number of halogens is 3. The second kappa shape index (κ2) is 5.13. The molecule has 2 N–H and O–H groups in total. The molecule has 0 fully saturated rings. The van der Waals surface area contributed by atoms with Gasteiger partial charge in [-0.1, -0.05) is 0 Å². The van der Waals surface area contributed by atoms with E-state index in [-0.39, 0.29) is 0 Å². The molecular formula is C11H9F3N2O3S. The molecule has 108 valence electrons. The number of nitrogens with two attached hydrogens (primary N) is 1. The van der Waals surface area contributed by atoms with E-state index >= 15 is 0 Å². The van der Waals surface area contributed by atoms with Crippen LogP contribution in [0.15, 0.2) is 23.1 Å². The molecular weight excluding hydrogens is 297 g/mol. The second-order valence-corrected chi connectivity index (χ2v) is 6.18. The van der Waals surface area contributed by atoms with Crippen LogP contribution < -0.4 is 5.73 Å². The SMILES string of the molecule is CC(C(N)=O)S(=O)(=O)c1ccc(C#N)c(C(F)(F)F)c1. The Labute approximate surface area is 112 Å². The fourth-order valence-corrected chi connectivity index (χ4v) is 2.64. The van der Waals surface area contributed by atoms with E-state index in [0.29, 0.717) is 6.07 Å². The number of amides is 1. The zero-order valence-electron chi connectivity index (χ0n) is 10.1. The van der Waals surface area contributed by atoms with Crippen LogP contribution in [0.25, 0.3) is 0 Å². The van der Waals surface area contributed by atoms with Gasteiger partial charge in [-0.3, -0.25) is 4.79 Å². The molecule has 1 aromatic carbocycles. The van der Waals surface area contributed by atoms with Gasteiger partial charge in [0, 0.05) is 0 Å². The van der Waals surface area contributed by atoms with E-state index in [4.69, 9.17) is 11.0 Å². The lowest BCUT2D eigenvalue weighted by molar-refractivity contribution is -0.137. The summed E-state index contributed by atoms with van der Waals surface area (Å²) < 4.78 is 62.0. The van der Waals surface area contributed by atoms with Crippen LogP contribution in [0.5, 0.6) is 0 Å². The summed E-state index contributed by atoms with van der Waals surface area (Å²) in [4.78, 5) is 10.2. The van der Waals surface area contributed by atoms with Gasteiger partial charge >= 0.3 is 6.18 Å². The number of hydrogen-bond donors (Lipinski definition) is 1. The third-order valence-electron chi connectivity index (χ3n) is 2.61. The lowest BCUT2D eigenvalue weighted by atomic mass is 10.1. The molecule has 9 heteroatoms. The van der Waals surface area contributed by atoms with Crippen LogP contribution >= 0.6 is 0 Å². The molecule has 1 rings (SSSR count). The molecule has 0 bridgehead atoms. The van der Waals surface area contributed by atoms with Gasteiger partial charge in [0.25, 0.3) is 0 Å². The van der Waals surface area contributed by atoms with Crippen molar-refractivity contribution in [3.8, 4) is 6.07 Å². The Morgan fingerprint density at radius 2 is 1.95 bits per heavy atom. The molecule has 0 aliphatic heterocycles. The number of sulfone groups is 1. The first-order valence-electron chi connectivity index (χ1n) is 5.16. The van der Waals surface area contributed by atoms with Crippen LogP contribution in [0.3, 0.4) is 0 Å². The highest BCUT2D eigenvalue weighted by atomic mass is 32.2. The second-order valence-electron chi connectivity index (χ2n) is 3.91. The highest BCUT2D eigenvalue weighted by Gasteiger charge is 2.36. The third kappa shape index (κ3) is 2.91. The van der Waals surface area contributed by atoms with Gasteiger partial charge < -0.3 is 5.73 Å². The summed E-state index contributed by atoms with van der Waals surface area (Å²) in [5.41, 5.74) is 2.76. The molecule has 1 unspecified atom stereocenters. The molecule has 1 amide bonds. The number of nitriles is 1. The standard InChI is InChI=1S/C11H9F3N2O3S/c1-6(10(16)17)20(18,19)8-3-2-7(5-15)9(4-8)11(12,13)14/h2-4,6H,1H3,(H2,16,17). The average molecular weight is 306 g/mol. The van der Waals surface area contributed by atoms with Gasteiger partial charge in [-0.05, 0) is 25.1 Å². The summed E-state index contributed by atoms with van der Waals surface area (Å²) in [6, 6.07) is 3.23. The molecule has 0 radical (unpaired) electrons. The summed E-state index contributed by atoms with van der Waals surface area (Å²) >= 11 is 0. The van der Waals surface area contributed by atoms with Crippen molar-refractivity contribution in [1.29, 1.82) is 5.26 Å². The fourth-order valence-electron chi connectivity index (χ4n) is 1.39. The fraction of sp³-hybridized carbons (Fsp3) is 0.273. The van der Waals surface area contributed by atoms with Crippen molar-refractivity contribution in [3.63, 3.8) is 0 Å². The maximum Gasteiger partial charge on any atom is 0.417 e. The van der Waals surface area contributed by atoms with Gasteiger partial charge in [0.2, 0.25) is 5.91 Å². The average Bonchev–Trinajstić information content (AvgIpc) is 2.35. The minimum absolute atomic E-state index is 0.327. The Balaban J connectivity index is 3.52.